The lowest BCUT2D eigenvalue weighted by Crippen LogP contribution is -2.45. The minimum atomic E-state index is 0.312. The van der Waals surface area contributed by atoms with Crippen LogP contribution in [0.2, 0.25) is 0 Å². The van der Waals surface area contributed by atoms with Gasteiger partial charge in [0.15, 0.2) is 0 Å². The fraction of sp³-hybridized carbons (Fsp3) is 1.00. The Balaban J connectivity index is 1.90. The molecule has 0 bridgehead atoms. The van der Waals surface area contributed by atoms with Crippen molar-refractivity contribution in [3.05, 3.63) is 0 Å². The summed E-state index contributed by atoms with van der Waals surface area (Å²) >= 11 is 0. The molecule has 2 unspecified atom stereocenters. The summed E-state index contributed by atoms with van der Waals surface area (Å²) in [6.45, 7) is 0.939. The highest BCUT2D eigenvalue weighted by Gasteiger charge is 2.30. The van der Waals surface area contributed by atoms with Gasteiger partial charge in [-0.1, -0.05) is 25.7 Å². The summed E-state index contributed by atoms with van der Waals surface area (Å²) in [5.41, 5.74) is 6.14. The first-order chi connectivity index (χ1) is 6.88. The predicted molar refractivity (Wildman–Crippen MR) is 58.1 cm³/mol. The van der Waals surface area contributed by atoms with Crippen molar-refractivity contribution in [2.24, 2.45) is 11.7 Å². The van der Waals surface area contributed by atoms with E-state index in [4.69, 9.17) is 10.5 Å². The van der Waals surface area contributed by atoms with E-state index in [1.165, 1.54) is 44.9 Å². The minimum Gasteiger partial charge on any atom is -0.376 e. The standard InChI is InChI=1S/C12H23NO/c13-11-8-5-9-14-12(11)10-6-3-1-2-4-7-10/h10-12H,1-9,13H2. The van der Waals surface area contributed by atoms with Crippen molar-refractivity contribution in [3.63, 3.8) is 0 Å². The van der Waals surface area contributed by atoms with Gasteiger partial charge in [-0.05, 0) is 31.6 Å². The molecular formula is C12H23NO. The number of hydrogen-bond acceptors (Lipinski definition) is 2. The molecule has 1 aliphatic heterocycles. The van der Waals surface area contributed by atoms with E-state index < -0.39 is 0 Å². The Morgan fingerprint density at radius 2 is 1.57 bits per heavy atom. The second-order valence-corrected chi connectivity index (χ2v) is 4.89. The van der Waals surface area contributed by atoms with Crippen molar-refractivity contribution < 1.29 is 4.74 Å². The van der Waals surface area contributed by atoms with Crippen molar-refractivity contribution >= 4 is 0 Å². The summed E-state index contributed by atoms with van der Waals surface area (Å²) in [6, 6.07) is 0.312. The summed E-state index contributed by atoms with van der Waals surface area (Å²) in [5, 5.41) is 0. The average Bonchev–Trinajstić information content (AvgIpc) is 2.47. The summed E-state index contributed by atoms with van der Waals surface area (Å²) in [7, 11) is 0. The van der Waals surface area contributed by atoms with Crippen molar-refractivity contribution in [1.29, 1.82) is 0 Å². The van der Waals surface area contributed by atoms with Crippen LogP contribution in [0.25, 0.3) is 0 Å². The highest BCUT2D eigenvalue weighted by molar-refractivity contribution is 4.84. The Labute approximate surface area is 87.2 Å². The lowest BCUT2D eigenvalue weighted by atomic mass is 9.87. The van der Waals surface area contributed by atoms with Crippen LogP contribution in [-0.2, 0) is 4.74 Å². The quantitative estimate of drug-likeness (QED) is 0.655. The van der Waals surface area contributed by atoms with Crippen LogP contribution in [-0.4, -0.2) is 18.8 Å². The third kappa shape index (κ3) is 2.48. The SMILES string of the molecule is NC1CCCOC1C1CCCCCC1. The van der Waals surface area contributed by atoms with Crippen LogP contribution in [0.15, 0.2) is 0 Å². The van der Waals surface area contributed by atoms with E-state index in [0.29, 0.717) is 12.1 Å². The molecule has 2 fully saturated rings. The molecule has 0 amide bonds. The first-order valence-corrected chi connectivity index (χ1v) is 6.25. The van der Waals surface area contributed by atoms with Crippen molar-refractivity contribution in [2.75, 3.05) is 6.61 Å². The molecule has 82 valence electrons. The first-order valence-electron chi connectivity index (χ1n) is 6.25. The van der Waals surface area contributed by atoms with Crippen LogP contribution in [0.3, 0.4) is 0 Å². The molecule has 2 heteroatoms. The second-order valence-electron chi connectivity index (χ2n) is 4.89. The zero-order chi connectivity index (χ0) is 9.80. The van der Waals surface area contributed by atoms with Gasteiger partial charge in [-0.15, -0.1) is 0 Å². The molecule has 0 spiro atoms. The molecule has 0 aromatic rings. The van der Waals surface area contributed by atoms with Gasteiger partial charge in [0.1, 0.15) is 0 Å². The maximum atomic E-state index is 6.14. The summed E-state index contributed by atoms with van der Waals surface area (Å²) in [5.74, 6) is 0.757. The van der Waals surface area contributed by atoms with Gasteiger partial charge < -0.3 is 10.5 Å². The third-order valence-electron chi connectivity index (χ3n) is 3.78. The van der Waals surface area contributed by atoms with E-state index in [9.17, 15) is 0 Å². The number of nitrogens with two attached hydrogens (primary N) is 1. The van der Waals surface area contributed by atoms with Crippen molar-refractivity contribution in [3.8, 4) is 0 Å². The molecule has 1 heterocycles. The smallest absolute Gasteiger partial charge is 0.0753 e. The maximum Gasteiger partial charge on any atom is 0.0753 e. The number of ether oxygens (including phenoxy) is 1. The second kappa shape index (κ2) is 5.13. The fourth-order valence-corrected chi connectivity index (χ4v) is 2.95. The van der Waals surface area contributed by atoms with Crippen LogP contribution >= 0.6 is 0 Å². The summed E-state index contributed by atoms with van der Waals surface area (Å²) < 4.78 is 5.86. The molecule has 1 saturated carbocycles. The molecule has 2 N–H and O–H groups in total. The molecule has 2 nitrogen and oxygen atoms in total. The lowest BCUT2D eigenvalue weighted by molar-refractivity contribution is -0.0380. The van der Waals surface area contributed by atoms with Gasteiger partial charge in [0.2, 0.25) is 0 Å². The number of hydrogen-bond donors (Lipinski definition) is 1. The number of rotatable bonds is 1. The van der Waals surface area contributed by atoms with Crippen LogP contribution in [0.4, 0.5) is 0 Å². The molecule has 1 saturated heterocycles. The Morgan fingerprint density at radius 1 is 0.857 bits per heavy atom. The van der Waals surface area contributed by atoms with E-state index in [1.807, 2.05) is 0 Å². The Hall–Kier alpha value is -0.0800. The van der Waals surface area contributed by atoms with Gasteiger partial charge in [0.05, 0.1) is 6.10 Å². The van der Waals surface area contributed by atoms with Gasteiger partial charge >= 0.3 is 0 Å². The van der Waals surface area contributed by atoms with E-state index in [-0.39, 0.29) is 0 Å². The molecule has 2 atom stereocenters. The van der Waals surface area contributed by atoms with Gasteiger partial charge in [0.25, 0.3) is 0 Å². The molecule has 0 aromatic heterocycles. The van der Waals surface area contributed by atoms with Gasteiger partial charge in [-0.25, -0.2) is 0 Å². The molecule has 0 aromatic carbocycles. The van der Waals surface area contributed by atoms with Crippen LogP contribution < -0.4 is 5.73 Å². The van der Waals surface area contributed by atoms with Crippen LogP contribution in [0.1, 0.15) is 51.4 Å². The topological polar surface area (TPSA) is 35.2 Å². The summed E-state index contributed by atoms with van der Waals surface area (Å²) in [6.07, 6.45) is 11.0. The van der Waals surface area contributed by atoms with Crippen LogP contribution in [0.5, 0.6) is 0 Å². The van der Waals surface area contributed by atoms with E-state index in [1.54, 1.807) is 0 Å². The Kier molecular flexibility index (Phi) is 3.82. The third-order valence-corrected chi connectivity index (χ3v) is 3.78. The normalized spacial score (nSPS) is 36.6. The monoisotopic (exact) mass is 197 g/mol. The largest absolute Gasteiger partial charge is 0.376 e. The lowest BCUT2D eigenvalue weighted by Gasteiger charge is -2.34. The average molecular weight is 197 g/mol. The molecule has 0 radical (unpaired) electrons. The van der Waals surface area contributed by atoms with Crippen molar-refractivity contribution in [1.82, 2.24) is 0 Å². The van der Waals surface area contributed by atoms with E-state index in [2.05, 4.69) is 0 Å². The van der Waals surface area contributed by atoms with Crippen molar-refractivity contribution in [2.45, 2.75) is 63.5 Å². The van der Waals surface area contributed by atoms with Crippen LogP contribution in [0, 0.1) is 5.92 Å². The maximum absolute atomic E-state index is 6.14. The van der Waals surface area contributed by atoms with Gasteiger partial charge in [-0.3, -0.25) is 0 Å². The molecule has 1 aliphatic carbocycles. The Morgan fingerprint density at radius 3 is 2.21 bits per heavy atom. The van der Waals surface area contributed by atoms with E-state index in [0.717, 1.165) is 18.9 Å². The van der Waals surface area contributed by atoms with Gasteiger partial charge in [-0.2, -0.15) is 0 Å². The molecule has 14 heavy (non-hydrogen) atoms. The highest BCUT2D eigenvalue weighted by atomic mass is 16.5. The first kappa shape index (κ1) is 10.4. The molecular weight excluding hydrogens is 174 g/mol. The highest BCUT2D eigenvalue weighted by Crippen LogP contribution is 2.30. The zero-order valence-corrected chi connectivity index (χ0v) is 9.08. The minimum absolute atomic E-state index is 0.312. The van der Waals surface area contributed by atoms with Gasteiger partial charge in [0, 0.05) is 12.6 Å². The summed E-state index contributed by atoms with van der Waals surface area (Å²) in [4.78, 5) is 0. The molecule has 2 rings (SSSR count). The zero-order valence-electron chi connectivity index (χ0n) is 9.08. The van der Waals surface area contributed by atoms with E-state index >= 15 is 0 Å². The Bertz CT molecular complexity index is 164. The predicted octanol–water partition coefficient (Wildman–Crippen LogP) is 2.46. The fourth-order valence-electron chi connectivity index (χ4n) is 2.95. The molecule has 2 aliphatic rings.